The molecule has 3 heteroatoms. The smallest absolute Gasteiger partial charge is 0.0568 e. The van der Waals surface area contributed by atoms with Gasteiger partial charge in [0.25, 0.3) is 0 Å². The van der Waals surface area contributed by atoms with Crippen LogP contribution in [0.2, 0.25) is 0 Å². The van der Waals surface area contributed by atoms with Gasteiger partial charge >= 0.3 is 0 Å². The highest BCUT2D eigenvalue weighted by molar-refractivity contribution is 14.1. The molecule has 1 aromatic carbocycles. The van der Waals surface area contributed by atoms with Gasteiger partial charge in [0.2, 0.25) is 0 Å². The first-order valence-electron chi connectivity index (χ1n) is 7.02. The molecular weight excluding hydrogens is 347 g/mol. The van der Waals surface area contributed by atoms with Gasteiger partial charge in [-0.2, -0.15) is 5.10 Å². The van der Waals surface area contributed by atoms with E-state index in [9.17, 15) is 0 Å². The maximum atomic E-state index is 4.58. The fourth-order valence-electron chi connectivity index (χ4n) is 2.84. The van der Waals surface area contributed by atoms with Crippen molar-refractivity contribution in [1.82, 2.24) is 9.78 Å². The van der Waals surface area contributed by atoms with E-state index in [1.807, 2.05) is 6.20 Å². The molecular formula is C16H19IN2. The van der Waals surface area contributed by atoms with Crippen LogP contribution in [0.25, 0.3) is 11.1 Å². The third-order valence-corrected chi connectivity index (χ3v) is 4.86. The Balaban J connectivity index is 1.77. The van der Waals surface area contributed by atoms with Gasteiger partial charge in [0.1, 0.15) is 0 Å². The van der Waals surface area contributed by atoms with Crippen molar-refractivity contribution < 1.29 is 0 Å². The molecule has 1 fully saturated rings. The van der Waals surface area contributed by atoms with Gasteiger partial charge in [0, 0.05) is 15.3 Å². The molecule has 2 nitrogen and oxygen atoms in total. The van der Waals surface area contributed by atoms with Crippen LogP contribution in [0.5, 0.6) is 0 Å². The van der Waals surface area contributed by atoms with Gasteiger partial charge in [-0.05, 0) is 71.9 Å². The molecule has 3 rings (SSSR count). The zero-order valence-corrected chi connectivity index (χ0v) is 13.4. The number of aromatic nitrogens is 2. The Morgan fingerprint density at radius 1 is 1.05 bits per heavy atom. The number of nitrogens with zero attached hydrogens (tertiary/aromatic N) is 2. The lowest BCUT2D eigenvalue weighted by Crippen LogP contribution is -2.16. The molecule has 19 heavy (non-hydrogen) atoms. The minimum atomic E-state index is 0.605. The van der Waals surface area contributed by atoms with E-state index in [4.69, 9.17) is 0 Å². The maximum Gasteiger partial charge on any atom is 0.0568 e. The Bertz CT molecular complexity index is 536. The first-order chi connectivity index (χ1) is 9.22. The molecule has 0 saturated heterocycles. The standard InChI is InChI=1S/C16H19IN2/c1-12-2-8-16(9-3-12)19-11-14(10-18-19)13-4-6-15(17)7-5-13/h4-7,10-12,16H,2-3,8-9H2,1H3. The molecule has 0 radical (unpaired) electrons. The van der Waals surface area contributed by atoms with Gasteiger partial charge in [-0.3, -0.25) is 4.68 Å². The molecule has 0 aliphatic heterocycles. The Morgan fingerprint density at radius 3 is 2.42 bits per heavy atom. The topological polar surface area (TPSA) is 17.8 Å². The molecule has 1 heterocycles. The molecule has 1 aromatic heterocycles. The summed E-state index contributed by atoms with van der Waals surface area (Å²) in [4.78, 5) is 0. The molecule has 1 aliphatic carbocycles. The van der Waals surface area contributed by atoms with Crippen LogP contribution in [0.3, 0.4) is 0 Å². The zero-order valence-electron chi connectivity index (χ0n) is 11.2. The Hall–Kier alpha value is -0.840. The molecule has 0 amide bonds. The van der Waals surface area contributed by atoms with E-state index in [1.165, 1.54) is 40.4 Å². The molecule has 0 N–H and O–H groups in total. The Morgan fingerprint density at radius 2 is 1.74 bits per heavy atom. The largest absolute Gasteiger partial charge is 0.269 e. The van der Waals surface area contributed by atoms with Crippen molar-refractivity contribution in [3.63, 3.8) is 0 Å². The van der Waals surface area contributed by atoms with Crippen LogP contribution < -0.4 is 0 Å². The summed E-state index contributed by atoms with van der Waals surface area (Å²) < 4.78 is 3.45. The van der Waals surface area contributed by atoms with Crippen LogP contribution >= 0.6 is 22.6 Å². The van der Waals surface area contributed by atoms with E-state index >= 15 is 0 Å². The lowest BCUT2D eigenvalue weighted by Gasteiger charge is -2.26. The second-order valence-corrected chi connectivity index (χ2v) is 6.88. The Kier molecular flexibility index (Phi) is 3.91. The van der Waals surface area contributed by atoms with E-state index < -0.39 is 0 Å². The molecule has 0 unspecified atom stereocenters. The number of rotatable bonds is 2. The fraction of sp³-hybridized carbons (Fsp3) is 0.438. The van der Waals surface area contributed by atoms with Crippen LogP contribution in [-0.4, -0.2) is 9.78 Å². The molecule has 1 saturated carbocycles. The lowest BCUT2D eigenvalue weighted by molar-refractivity contribution is 0.274. The Labute approximate surface area is 128 Å². The predicted molar refractivity (Wildman–Crippen MR) is 87.0 cm³/mol. The van der Waals surface area contributed by atoms with E-state index in [0.717, 1.165) is 5.92 Å². The van der Waals surface area contributed by atoms with Crippen LogP contribution in [0.4, 0.5) is 0 Å². The minimum absolute atomic E-state index is 0.605. The zero-order chi connectivity index (χ0) is 13.2. The summed E-state index contributed by atoms with van der Waals surface area (Å²) in [5.74, 6) is 0.891. The van der Waals surface area contributed by atoms with Gasteiger partial charge in [-0.15, -0.1) is 0 Å². The van der Waals surface area contributed by atoms with Gasteiger partial charge in [0.05, 0.1) is 12.2 Å². The van der Waals surface area contributed by atoms with Gasteiger partial charge in [-0.25, -0.2) is 0 Å². The third kappa shape index (κ3) is 3.02. The normalized spacial score (nSPS) is 23.5. The average Bonchev–Trinajstić information content (AvgIpc) is 2.90. The van der Waals surface area contributed by atoms with Gasteiger partial charge < -0.3 is 0 Å². The van der Waals surface area contributed by atoms with Crippen LogP contribution in [0, 0.1) is 9.49 Å². The number of halogens is 1. The molecule has 2 aromatic rings. The quantitative estimate of drug-likeness (QED) is 0.691. The average molecular weight is 366 g/mol. The first kappa shape index (κ1) is 13.2. The molecule has 100 valence electrons. The molecule has 0 atom stereocenters. The lowest BCUT2D eigenvalue weighted by atomic mass is 9.87. The SMILES string of the molecule is CC1CCC(n2cc(-c3ccc(I)cc3)cn2)CC1. The molecule has 1 aliphatic rings. The third-order valence-electron chi connectivity index (χ3n) is 4.14. The van der Waals surface area contributed by atoms with Crippen molar-refractivity contribution in [1.29, 1.82) is 0 Å². The van der Waals surface area contributed by atoms with Crippen molar-refractivity contribution in [2.75, 3.05) is 0 Å². The first-order valence-corrected chi connectivity index (χ1v) is 8.10. The van der Waals surface area contributed by atoms with Crippen LogP contribution in [0.15, 0.2) is 36.7 Å². The predicted octanol–water partition coefficient (Wildman–Crippen LogP) is 4.91. The summed E-state index contributed by atoms with van der Waals surface area (Å²) in [6, 6.07) is 9.25. The highest BCUT2D eigenvalue weighted by Gasteiger charge is 2.20. The van der Waals surface area contributed by atoms with Gasteiger partial charge in [0.15, 0.2) is 0 Å². The number of hydrogen-bond donors (Lipinski definition) is 0. The summed E-state index contributed by atoms with van der Waals surface area (Å²) in [6.07, 6.45) is 9.43. The van der Waals surface area contributed by atoms with Crippen LogP contribution in [-0.2, 0) is 0 Å². The fourth-order valence-corrected chi connectivity index (χ4v) is 3.20. The van der Waals surface area contributed by atoms with Crippen molar-refractivity contribution in [3.05, 3.63) is 40.2 Å². The summed E-state index contributed by atoms with van der Waals surface area (Å²) in [7, 11) is 0. The van der Waals surface area contributed by atoms with Crippen molar-refractivity contribution in [2.24, 2.45) is 5.92 Å². The summed E-state index contributed by atoms with van der Waals surface area (Å²) in [5.41, 5.74) is 2.49. The second kappa shape index (κ2) is 5.65. The van der Waals surface area contributed by atoms with Crippen molar-refractivity contribution in [3.8, 4) is 11.1 Å². The van der Waals surface area contributed by atoms with Crippen LogP contribution in [0.1, 0.15) is 38.6 Å². The summed E-state index contributed by atoms with van der Waals surface area (Å²) in [5, 5.41) is 4.58. The monoisotopic (exact) mass is 366 g/mol. The number of benzene rings is 1. The van der Waals surface area contributed by atoms with E-state index in [2.05, 4.69) is 69.8 Å². The van der Waals surface area contributed by atoms with Crippen molar-refractivity contribution >= 4 is 22.6 Å². The summed E-state index contributed by atoms with van der Waals surface area (Å²) in [6.45, 7) is 2.36. The van der Waals surface area contributed by atoms with E-state index in [1.54, 1.807) is 0 Å². The molecule has 0 spiro atoms. The van der Waals surface area contributed by atoms with Gasteiger partial charge in [-0.1, -0.05) is 19.1 Å². The maximum absolute atomic E-state index is 4.58. The highest BCUT2D eigenvalue weighted by atomic mass is 127. The minimum Gasteiger partial charge on any atom is -0.269 e. The van der Waals surface area contributed by atoms with Crippen molar-refractivity contribution in [2.45, 2.75) is 38.6 Å². The van der Waals surface area contributed by atoms with E-state index in [0.29, 0.717) is 6.04 Å². The molecule has 0 bridgehead atoms. The highest BCUT2D eigenvalue weighted by Crippen LogP contribution is 2.32. The second-order valence-electron chi connectivity index (χ2n) is 5.63. The number of hydrogen-bond acceptors (Lipinski definition) is 1. The summed E-state index contributed by atoms with van der Waals surface area (Å²) >= 11 is 2.34. The van der Waals surface area contributed by atoms with E-state index in [-0.39, 0.29) is 0 Å².